The van der Waals surface area contributed by atoms with Crippen LogP contribution in [0.1, 0.15) is 52.9 Å². The van der Waals surface area contributed by atoms with Crippen LogP contribution in [0.5, 0.6) is 0 Å². The summed E-state index contributed by atoms with van der Waals surface area (Å²) in [4.78, 5) is 2.64. The molecule has 2 heteroatoms. The topological polar surface area (TPSA) is 15.3 Å². The highest BCUT2D eigenvalue weighted by Crippen LogP contribution is 2.28. The van der Waals surface area contributed by atoms with E-state index in [0.717, 1.165) is 23.8 Å². The lowest BCUT2D eigenvalue weighted by atomic mass is 9.79. The first kappa shape index (κ1) is 14.3. The lowest BCUT2D eigenvalue weighted by Crippen LogP contribution is -2.46. The maximum atomic E-state index is 3.84. The van der Waals surface area contributed by atoms with Gasteiger partial charge in [0.1, 0.15) is 0 Å². The highest BCUT2D eigenvalue weighted by atomic mass is 15.1. The molecule has 0 spiro atoms. The molecular formula is C16H32N2. The third kappa shape index (κ3) is 3.96. The van der Waals surface area contributed by atoms with Gasteiger partial charge in [0.2, 0.25) is 0 Å². The molecule has 2 aliphatic rings. The zero-order valence-electron chi connectivity index (χ0n) is 12.6. The lowest BCUT2D eigenvalue weighted by molar-refractivity contribution is 0.171. The molecule has 1 heterocycles. The normalized spacial score (nSPS) is 35.8. The summed E-state index contributed by atoms with van der Waals surface area (Å²) >= 11 is 0. The van der Waals surface area contributed by atoms with Crippen molar-refractivity contribution in [3.8, 4) is 0 Å². The molecular weight excluding hydrogens is 220 g/mol. The Morgan fingerprint density at radius 2 is 1.56 bits per heavy atom. The van der Waals surface area contributed by atoms with Gasteiger partial charge in [-0.1, -0.05) is 27.2 Å². The Bertz CT molecular complexity index is 223. The Morgan fingerprint density at radius 1 is 0.944 bits per heavy atom. The van der Waals surface area contributed by atoms with Crippen molar-refractivity contribution in [3.05, 3.63) is 0 Å². The van der Waals surface area contributed by atoms with Crippen molar-refractivity contribution in [2.24, 2.45) is 17.8 Å². The Labute approximate surface area is 114 Å². The molecule has 2 fully saturated rings. The molecule has 18 heavy (non-hydrogen) atoms. The second-order valence-corrected chi connectivity index (χ2v) is 6.89. The van der Waals surface area contributed by atoms with E-state index in [0.29, 0.717) is 0 Å². The van der Waals surface area contributed by atoms with Crippen molar-refractivity contribution >= 4 is 0 Å². The molecule has 1 N–H and O–H groups in total. The van der Waals surface area contributed by atoms with E-state index in [1.54, 1.807) is 0 Å². The van der Waals surface area contributed by atoms with Crippen LogP contribution in [0.25, 0.3) is 0 Å². The van der Waals surface area contributed by atoms with Gasteiger partial charge in [-0.25, -0.2) is 0 Å². The Morgan fingerprint density at radius 3 is 2.17 bits per heavy atom. The molecule has 106 valence electrons. The number of rotatable bonds is 4. The maximum Gasteiger partial charge on any atom is 0.0119 e. The number of likely N-dealkylation sites (tertiary alicyclic amines) is 1. The molecule has 2 rings (SSSR count). The van der Waals surface area contributed by atoms with Crippen LogP contribution < -0.4 is 5.32 Å². The quantitative estimate of drug-likeness (QED) is 0.827. The van der Waals surface area contributed by atoms with Gasteiger partial charge in [-0.2, -0.15) is 0 Å². The van der Waals surface area contributed by atoms with E-state index >= 15 is 0 Å². The van der Waals surface area contributed by atoms with Crippen molar-refractivity contribution in [2.45, 2.75) is 58.9 Å². The second kappa shape index (κ2) is 6.91. The van der Waals surface area contributed by atoms with E-state index in [-0.39, 0.29) is 0 Å². The molecule has 1 aliphatic carbocycles. The van der Waals surface area contributed by atoms with Crippen molar-refractivity contribution in [2.75, 3.05) is 26.2 Å². The Hall–Kier alpha value is -0.0800. The summed E-state index contributed by atoms with van der Waals surface area (Å²) < 4.78 is 0. The number of nitrogens with zero attached hydrogens (tertiary/aromatic N) is 1. The summed E-state index contributed by atoms with van der Waals surface area (Å²) in [5.74, 6) is 2.69. The molecule has 0 aromatic carbocycles. The fourth-order valence-electron chi connectivity index (χ4n) is 3.76. The molecule has 1 aliphatic heterocycles. The lowest BCUT2D eigenvalue weighted by Gasteiger charge is -2.36. The summed E-state index contributed by atoms with van der Waals surface area (Å²) in [5, 5.41) is 3.84. The van der Waals surface area contributed by atoms with Crippen LogP contribution in [-0.4, -0.2) is 37.1 Å². The van der Waals surface area contributed by atoms with Crippen LogP contribution in [0.4, 0.5) is 0 Å². The van der Waals surface area contributed by atoms with Gasteiger partial charge in [-0.05, 0) is 56.5 Å². The van der Waals surface area contributed by atoms with Gasteiger partial charge in [0.05, 0.1) is 0 Å². The van der Waals surface area contributed by atoms with E-state index < -0.39 is 0 Å². The van der Waals surface area contributed by atoms with Crippen LogP contribution in [0.15, 0.2) is 0 Å². The third-order valence-electron chi connectivity index (χ3n) is 5.23. The van der Waals surface area contributed by atoms with Gasteiger partial charge >= 0.3 is 0 Å². The smallest absolute Gasteiger partial charge is 0.0119 e. The largest absolute Gasteiger partial charge is 0.312 e. The predicted molar refractivity (Wildman–Crippen MR) is 78.8 cm³/mol. The van der Waals surface area contributed by atoms with Crippen LogP contribution in [0.3, 0.4) is 0 Å². The number of nitrogens with one attached hydrogen (secondary N) is 1. The number of hydrogen-bond acceptors (Lipinski definition) is 2. The van der Waals surface area contributed by atoms with Gasteiger partial charge in [0, 0.05) is 19.1 Å². The first-order valence-corrected chi connectivity index (χ1v) is 8.12. The van der Waals surface area contributed by atoms with Gasteiger partial charge in [-0.15, -0.1) is 0 Å². The summed E-state index contributed by atoms with van der Waals surface area (Å²) in [6, 6.07) is 0.766. The zero-order valence-corrected chi connectivity index (χ0v) is 12.6. The molecule has 1 saturated heterocycles. The van der Waals surface area contributed by atoms with Crippen LogP contribution in [0, 0.1) is 17.8 Å². The highest BCUT2D eigenvalue weighted by Gasteiger charge is 2.27. The van der Waals surface area contributed by atoms with Crippen LogP contribution in [0.2, 0.25) is 0 Å². The molecule has 0 aromatic rings. The Kier molecular flexibility index (Phi) is 5.50. The van der Waals surface area contributed by atoms with Crippen molar-refractivity contribution < 1.29 is 0 Å². The van der Waals surface area contributed by atoms with Crippen molar-refractivity contribution in [3.63, 3.8) is 0 Å². The summed E-state index contributed by atoms with van der Waals surface area (Å²) in [5.41, 5.74) is 0. The first-order chi connectivity index (χ1) is 8.66. The molecule has 1 saturated carbocycles. The molecule has 0 radical (unpaired) electrons. The molecule has 2 unspecified atom stereocenters. The van der Waals surface area contributed by atoms with E-state index in [2.05, 4.69) is 31.0 Å². The summed E-state index contributed by atoms with van der Waals surface area (Å²) in [6.45, 7) is 12.3. The average molecular weight is 252 g/mol. The van der Waals surface area contributed by atoms with Crippen LogP contribution in [-0.2, 0) is 0 Å². The van der Waals surface area contributed by atoms with E-state index in [1.165, 1.54) is 58.3 Å². The predicted octanol–water partition coefficient (Wildman–Crippen LogP) is 3.13. The molecule has 0 bridgehead atoms. The zero-order chi connectivity index (χ0) is 13.0. The van der Waals surface area contributed by atoms with Gasteiger partial charge in [-0.3, -0.25) is 0 Å². The summed E-state index contributed by atoms with van der Waals surface area (Å²) in [6.07, 6.45) is 7.07. The standard InChI is InChI=1S/C16H32N2/c1-13-7-10-18(11-8-13)12-9-17-16-14(2)5-4-6-15(16)3/h13-17H,4-12H2,1-3H3. The first-order valence-electron chi connectivity index (χ1n) is 8.12. The van der Waals surface area contributed by atoms with Gasteiger partial charge in [0.25, 0.3) is 0 Å². The minimum Gasteiger partial charge on any atom is -0.312 e. The van der Waals surface area contributed by atoms with Crippen molar-refractivity contribution in [1.29, 1.82) is 0 Å². The van der Waals surface area contributed by atoms with Crippen molar-refractivity contribution in [1.82, 2.24) is 10.2 Å². The molecule has 2 nitrogen and oxygen atoms in total. The molecule has 2 atom stereocenters. The van der Waals surface area contributed by atoms with E-state index in [9.17, 15) is 0 Å². The fourth-order valence-corrected chi connectivity index (χ4v) is 3.76. The minimum absolute atomic E-state index is 0.766. The SMILES string of the molecule is CC1CCN(CCNC2C(C)CCCC2C)CC1. The second-order valence-electron chi connectivity index (χ2n) is 6.89. The fraction of sp³-hybridized carbons (Fsp3) is 1.00. The van der Waals surface area contributed by atoms with Gasteiger partial charge in [0.15, 0.2) is 0 Å². The minimum atomic E-state index is 0.766. The highest BCUT2D eigenvalue weighted by molar-refractivity contribution is 4.83. The molecule has 0 aromatic heterocycles. The van der Waals surface area contributed by atoms with Crippen LogP contribution >= 0.6 is 0 Å². The maximum absolute atomic E-state index is 3.84. The van der Waals surface area contributed by atoms with E-state index in [1.807, 2.05) is 0 Å². The summed E-state index contributed by atoms with van der Waals surface area (Å²) in [7, 11) is 0. The monoisotopic (exact) mass is 252 g/mol. The van der Waals surface area contributed by atoms with Gasteiger partial charge < -0.3 is 10.2 Å². The number of hydrogen-bond donors (Lipinski definition) is 1. The average Bonchev–Trinajstić information content (AvgIpc) is 2.35. The Balaban J connectivity index is 1.65. The molecule has 0 amide bonds. The number of piperidine rings is 1. The van der Waals surface area contributed by atoms with E-state index in [4.69, 9.17) is 0 Å². The third-order valence-corrected chi connectivity index (χ3v) is 5.23.